The van der Waals surface area contributed by atoms with Gasteiger partial charge in [-0.3, -0.25) is 0 Å². The van der Waals surface area contributed by atoms with Crippen LogP contribution in [0.5, 0.6) is 0 Å². The molecule has 0 fully saturated rings. The third kappa shape index (κ3) is 0.824. The molecule has 0 saturated heterocycles. The molecule has 3 heteroatoms. The molecule has 0 amide bonds. The Morgan fingerprint density at radius 1 is 1.75 bits per heavy atom. The number of nitriles is 1. The van der Waals surface area contributed by atoms with Crippen LogP contribution in [0.25, 0.3) is 0 Å². The molecule has 0 aliphatic rings. The monoisotopic (exact) mass is 127 g/mol. The Bertz CT molecular complexity index is 223. The van der Waals surface area contributed by atoms with Crippen LogP contribution < -0.4 is 0 Å². The second kappa shape index (κ2) is 1.89. The third-order valence-corrected chi connectivity index (χ3v) is 0.895. The third-order valence-electron chi connectivity index (χ3n) is 0.697. The van der Waals surface area contributed by atoms with Crippen molar-refractivity contribution in [3.8, 4) is 6.07 Å². The highest BCUT2D eigenvalue weighted by molar-refractivity contribution is 6.28. The highest BCUT2D eigenvalue weighted by Crippen LogP contribution is 2.10. The molecule has 1 heterocycles. The van der Waals surface area contributed by atoms with Crippen molar-refractivity contribution >= 4 is 11.6 Å². The fraction of sp³-hybridized carbons (Fsp3) is 0. The normalized spacial score (nSPS) is 8.50. The molecule has 0 unspecified atom stereocenters. The fourth-order valence-corrected chi connectivity index (χ4v) is 0.531. The Morgan fingerprint density at radius 3 is 2.75 bits per heavy atom. The Hall–Kier alpha value is -0.940. The van der Waals surface area contributed by atoms with Crippen LogP contribution in [0, 0.1) is 11.3 Å². The summed E-state index contributed by atoms with van der Waals surface area (Å²) < 4.78 is 4.60. The minimum atomic E-state index is 0.251. The second-order valence-corrected chi connectivity index (χ2v) is 1.62. The number of rotatable bonds is 0. The standard InChI is InChI=1S/C5H2ClNO/c6-5-1-4(2-7)3-8-5/h1,3H. The van der Waals surface area contributed by atoms with Gasteiger partial charge < -0.3 is 4.42 Å². The molecule has 0 radical (unpaired) electrons. The van der Waals surface area contributed by atoms with Crippen molar-refractivity contribution in [3.05, 3.63) is 23.1 Å². The average Bonchev–Trinajstić information content (AvgIpc) is 2.14. The van der Waals surface area contributed by atoms with Gasteiger partial charge in [0.2, 0.25) is 0 Å². The first-order chi connectivity index (χ1) is 3.83. The van der Waals surface area contributed by atoms with Gasteiger partial charge in [0, 0.05) is 6.07 Å². The van der Waals surface area contributed by atoms with Gasteiger partial charge >= 0.3 is 0 Å². The van der Waals surface area contributed by atoms with E-state index in [2.05, 4.69) is 4.42 Å². The first-order valence-corrected chi connectivity index (χ1v) is 2.35. The first kappa shape index (κ1) is 5.20. The Balaban J connectivity index is 3.05. The highest BCUT2D eigenvalue weighted by atomic mass is 35.5. The Kier molecular flexibility index (Phi) is 1.23. The van der Waals surface area contributed by atoms with Crippen molar-refractivity contribution < 1.29 is 4.42 Å². The predicted octanol–water partition coefficient (Wildman–Crippen LogP) is 1.80. The summed E-state index contributed by atoms with van der Waals surface area (Å²) in [4.78, 5) is 0. The van der Waals surface area contributed by atoms with E-state index in [9.17, 15) is 0 Å². The molecule has 0 saturated carbocycles. The van der Waals surface area contributed by atoms with E-state index in [1.807, 2.05) is 6.07 Å². The van der Waals surface area contributed by atoms with Gasteiger partial charge in [-0.15, -0.1) is 0 Å². The summed E-state index contributed by atoms with van der Waals surface area (Å²) in [7, 11) is 0. The fourth-order valence-electron chi connectivity index (χ4n) is 0.369. The zero-order chi connectivity index (χ0) is 5.98. The second-order valence-electron chi connectivity index (χ2n) is 1.25. The van der Waals surface area contributed by atoms with Crippen molar-refractivity contribution in [1.29, 1.82) is 5.26 Å². The highest BCUT2D eigenvalue weighted by Gasteiger charge is 1.93. The van der Waals surface area contributed by atoms with Gasteiger partial charge in [-0.2, -0.15) is 5.26 Å². The van der Waals surface area contributed by atoms with Gasteiger partial charge in [0.15, 0.2) is 5.22 Å². The lowest BCUT2D eigenvalue weighted by atomic mass is 10.4. The molecule has 1 aromatic rings. The lowest BCUT2D eigenvalue weighted by Gasteiger charge is -1.65. The summed E-state index contributed by atoms with van der Waals surface area (Å²) in [6, 6.07) is 3.33. The molecule has 40 valence electrons. The van der Waals surface area contributed by atoms with E-state index in [4.69, 9.17) is 16.9 Å². The summed E-state index contributed by atoms with van der Waals surface area (Å²) in [5.74, 6) is 0. The van der Waals surface area contributed by atoms with E-state index in [0.717, 1.165) is 0 Å². The number of furan rings is 1. The van der Waals surface area contributed by atoms with Crippen molar-refractivity contribution in [2.24, 2.45) is 0 Å². The first-order valence-electron chi connectivity index (χ1n) is 1.97. The Morgan fingerprint density at radius 2 is 2.50 bits per heavy atom. The molecular weight excluding hydrogens is 126 g/mol. The molecule has 0 aliphatic heterocycles. The molecule has 2 nitrogen and oxygen atoms in total. The summed E-state index contributed by atoms with van der Waals surface area (Å²) in [6.45, 7) is 0. The van der Waals surface area contributed by atoms with Crippen LogP contribution in [0.4, 0.5) is 0 Å². The van der Waals surface area contributed by atoms with E-state index in [1.165, 1.54) is 12.3 Å². The maximum Gasteiger partial charge on any atom is 0.194 e. The topological polar surface area (TPSA) is 36.9 Å². The quantitative estimate of drug-likeness (QED) is 0.533. The molecule has 1 aromatic heterocycles. The SMILES string of the molecule is N#Cc1coc(Cl)c1. The predicted molar refractivity (Wildman–Crippen MR) is 28.4 cm³/mol. The molecular formula is C5H2ClNO. The van der Waals surface area contributed by atoms with E-state index < -0.39 is 0 Å². The maximum absolute atomic E-state index is 8.18. The van der Waals surface area contributed by atoms with Crippen LogP contribution in [0.15, 0.2) is 16.7 Å². The van der Waals surface area contributed by atoms with E-state index in [1.54, 1.807) is 0 Å². The molecule has 0 aromatic carbocycles. The molecule has 0 atom stereocenters. The average molecular weight is 128 g/mol. The summed E-state index contributed by atoms with van der Waals surface area (Å²) >= 11 is 5.32. The Labute approximate surface area is 51.3 Å². The zero-order valence-corrected chi connectivity index (χ0v) is 4.64. The molecule has 0 bridgehead atoms. The minimum Gasteiger partial charge on any atom is -0.452 e. The maximum atomic E-state index is 8.18. The molecule has 0 spiro atoms. The van der Waals surface area contributed by atoms with Crippen molar-refractivity contribution in [2.45, 2.75) is 0 Å². The van der Waals surface area contributed by atoms with Crippen LogP contribution in [0.1, 0.15) is 5.56 Å². The van der Waals surface area contributed by atoms with Gasteiger partial charge in [-0.25, -0.2) is 0 Å². The van der Waals surface area contributed by atoms with Crippen molar-refractivity contribution in [1.82, 2.24) is 0 Å². The molecule has 0 aliphatic carbocycles. The van der Waals surface area contributed by atoms with E-state index in [-0.39, 0.29) is 5.22 Å². The number of halogens is 1. The number of hydrogen-bond donors (Lipinski definition) is 0. The van der Waals surface area contributed by atoms with Crippen molar-refractivity contribution in [3.63, 3.8) is 0 Å². The number of nitrogens with zero attached hydrogens (tertiary/aromatic N) is 1. The van der Waals surface area contributed by atoms with Crippen LogP contribution in [0.2, 0.25) is 5.22 Å². The van der Waals surface area contributed by atoms with Gasteiger partial charge in [0.05, 0.1) is 5.56 Å². The van der Waals surface area contributed by atoms with Gasteiger partial charge in [0.1, 0.15) is 12.3 Å². The largest absolute Gasteiger partial charge is 0.452 e. The number of hydrogen-bond acceptors (Lipinski definition) is 2. The van der Waals surface area contributed by atoms with Gasteiger partial charge in [-0.05, 0) is 11.6 Å². The van der Waals surface area contributed by atoms with E-state index in [0.29, 0.717) is 5.56 Å². The smallest absolute Gasteiger partial charge is 0.194 e. The van der Waals surface area contributed by atoms with Gasteiger partial charge in [-0.1, -0.05) is 0 Å². The van der Waals surface area contributed by atoms with Crippen molar-refractivity contribution in [2.75, 3.05) is 0 Å². The van der Waals surface area contributed by atoms with Crippen LogP contribution in [-0.4, -0.2) is 0 Å². The van der Waals surface area contributed by atoms with Crippen LogP contribution >= 0.6 is 11.6 Å². The summed E-state index contributed by atoms with van der Waals surface area (Å²) in [5, 5.41) is 8.43. The summed E-state index contributed by atoms with van der Waals surface area (Å²) in [6.07, 6.45) is 1.31. The lowest BCUT2D eigenvalue weighted by Crippen LogP contribution is -1.55. The van der Waals surface area contributed by atoms with Crippen LogP contribution in [0.3, 0.4) is 0 Å². The molecule has 8 heavy (non-hydrogen) atoms. The zero-order valence-electron chi connectivity index (χ0n) is 3.89. The summed E-state index contributed by atoms with van der Waals surface area (Å²) in [5.41, 5.74) is 0.454. The van der Waals surface area contributed by atoms with E-state index >= 15 is 0 Å². The lowest BCUT2D eigenvalue weighted by molar-refractivity contribution is 0.568. The minimum absolute atomic E-state index is 0.251. The van der Waals surface area contributed by atoms with Crippen LogP contribution in [-0.2, 0) is 0 Å². The molecule has 0 N–H and O–H groups in total. The molecule has 1 rings (SSSR count). The van der Waals surface area contributed by atoms with Gasteiger partial charge in [0.25, 0.3) is 0 Å².